The fourth-order valence-corrected chi connectivity index (χ4v) is 7.13. The van der Waals surface area contributed by atoms with Crippen molar-refractivity contribution in [3.63, 3.8) is 0 Å². The van der Waals surface area contributed by atoms with Crippen molar-refractivity contribution >= 4 is 15.7 Å². The van der Waals surface area contributed by atoms with Crippen molar-refractivity contribution in [2.24, 2.45) is 5.92 Å². The number of rotatable bonds is 3. The van der Waals surface area contributed by atoms with E-state index < -0.39 is 10.0 Å². The predicted molar refractivity (Wildman–Crippen MR) is 122 cm³/mol. The van der Waals surface area contributed by atoms with E-state index in [9.17, 15) is 12.8 Å². The molecule has 0 bridgehead atoms. The lowest BCUT2D eigenvalue weighted by atomic mass is 9.77. The van der Waals surface area contributed by atoms with Gasteiger partial charge in [0.2, 0.25) is 10.0 Å². The topological polar surface area (TPSA) is 49.4 Å². The van der Waals surface area contributed by atoms with Gasteiger partial charge in [0.05, 0.1) is 5.69 Å². The third kappa shape index (κ3) is 3.78. The summed E-state index contributed by atoms with van der Waals surface area (Å²) in [6, 6.07) is 10.3. The van der Waals surface area contributed by atoms with E-state index in [0.29, 0.717) is 23.3 Å². The lowest BCUT2D eigenvalue weighted by molar-refractivity contribution is 0.222. The Hall–Kier alpha value is -1.92. The van der Waals surface area contributed by atoms with Gasteiger partial charge in [0.25, 0.3) is 0 Å². The van der Waals surface area contributed by atoms with Gasteiger partial charge < -0.3 is 5.32 Å². The fourth-order valence-electron chi connectivity index (χ4n) is 5.54. The fraction of sp³-hybridized carbons (Fsp3) is 0.520. The molecule has 1 aliphatic heterocycles. The summed E-state index contributed by atoms with van der Waals surface area (Å²) in [5, 5.41) is 3.51. The van der Waals surface area contributed by atoms with Crippen LogP contribution in [-0.2, 0) is 10.0 Å². The quantitative estimate of drug-likeness (QED) is 0.658. The monoisotopic (exact) mass is 442 g/mol. The van der Waals surface area contributed by atoms with Gasteiger partial charge in [0, 0.05) is 19.6 Å². The Morgan fingerprint density at radius 2 is 1.68 bits per heavy atom. The number of benzene rings is 2. The highest BCUT2D eigenvalue weighted by Crippen LogP contribution is 2.45. The van der Waals surface area contributed by atoms with Crippen molar-refractivity contribution in [1.82, 2.24) is 4.31 Å². The van der Waals surface area contributed by atoms with E-state index in [2.05, 4.69) is 11.4 Å². The molecule has 2 saturated carbocycles. The third-order valence-electron chi connectivity index (χ3n) is 7.67. The molecule has 0 unspecified atom stereocenters. The first kappa shape index (κ1) is 21.0. The second-order valence-corrected chi connectivity index (χ2v) is 11.4. The number of nitrogens with zero attached hydrogens (tertiary/aromatic N) is 1. The number of nitrogens with one attached hydrogen (secondary N) is 1. The van der Waals surface area contributed by atoms with Gasteiger partial charge in [-0.2, -0.15) is 4.31 Å². The molecule has 5 rings (SSSR count). The zero-order chi connectivity index (χ0) is 21.6. The molecule has 0 spiro atoms. The normalized spacial score (nSPS) is 24.6. The van der Waals surface area contributed by atoms with Crippen molar-refractivity contribution in [3.05, 3.63) is 47.8 Å². The number of hydrogen-bond donors (Lipinski definition) is 1. The van der Waals surface area contributed by atoms with Crippen molar-refractivity contribution in [2.75, 3.05) is 18.9 Å². The first-order valence-electron chi connectivity index (χ1n) is 11.6. The molecule has 2 aromatic carbocycles. The molecule has 0 radical (unpaired) electrons. The van der Waals surface area contributed by atoms with Gasteiger partial charge in [-0.3, -0.25) is 0 Å². The molecule has 6 heteroatoms. The average Bonchev–Trinajstić information content (AvgIpc) is 2.82. The first-order valence-corrected chi connectivity index (χ1v) is 13.0. The smallest absolute Gasteiger partial charge is 0.245 e. The summed E-state index contributed by atoms with van der Waals surface area (Å²) < 4.78 is 42.6. The first-order chi connectivity index (χ1) is 14.9. The summed E-state index contributed by atoms with van der Waals surface area (Å²) >= 11 is 0. The van der Waals surface area contributed by atoms with Gasteiger partial charge in [-0.15, -0.1) is 0 Å². The van der Waals surface area contributed by atoms with Crippen LogP contribution in [0.15, 0.2) is 41.3 Å². The molecule has 0 saturated heterocycles. The Bertz CT molecular complexity index is 1060. The summed E-state index contributed by atoms with van der Waals surface area (Å²) in [6.07, 6.45) is 9.23. The van der Waals surface area contributed by atoms with Gasteiger partial charge in [0.15, 0.2) is 0 Å². The van der Waals surface area contributed by atoms with Crippen LogP contribution in [0, 0.1) is 11.7 Å². The molecule has 0 aromatic heterocycles. The van der Waals surface area contributed by atoms with Crippen molar-refractivity contribution < 1.29 is 12.8 Å². The molecule has 31 heavy (non-hydrogen) atoms. The number of fused-ring (bicyclic) bond motifs is 1. The number of halogens is 1. The molecular weight excluding hydrogens is 411 g/mol. The molecule has 1 heterocycles. The van der Waals surface area contributed by atoms with E-state index in [0.717, 1.165) is 42.5 Å². The van der Waals surface area contributed by atoms with Crippen LogP contribution in [-0.4, -0.2) is 32.4 Å². The van der Waals surface area contributed by atoms with E-state index in [4.69, 9.17) is 0 Å². The Labute approximate surface area is 184 Å². The maximum atomic E-state index is 13.7. The molecule has 1 atom stereocenters. The molecule has 1 N–H and O–H groups in total. The molecule has 0 amide bonds. The highest BCUT2D eigenvalue weighted by Gasteiger charge is 2.38. The average molecular weight is 443 g/mol. The third-order valence-corrected chi connectivity index (χ3v) is 9.59. The van der Waals surface area contributed by atoms with Crippen LogP contribution < -0.4 is 5.32 Å². The molecular formula is C25H31FN2O2S. The Balaban J connectivity index is 1.60. The van der Waals surface area contributed by atoms with Gasteiger partial charge in [-0.1, -0.05) is 37.8 Å². The van der Waals surface area contributed by atoms with Crippen LogP contribution in [0.4, 0.5) is 10.1 Å². The minimum atomic E-state index is -3.63. The van der Waals surface area contributed by atoms with Crippen LogP contribution in [0.3, 0.4) is 0 Å². The SMILES string of the molecule is CN1[C@H](C2CCCCC2)CNc2cc(C3CCC3)c(-c3ccc(F)cc3)cc2S1(=O)=O. The van der Waals surface area contributed by atoms with E-state index in [1.807, 2.05) is 6.07 Å². The summed E-state index contributed by atoms with van der Waals surface area (Å²) in [5.74, 6) is 0.552. The highest BCUT2D eigenvalue weighted by molar-refractivity contribution is 7.89. The molecule has 2 fully saturated rings. The van der Waals surface area contributed by atoms with Crippen LogP contribution >= 0.6 is 0 Å². The Morgan fingerprint density at radius 3 is 2.32 bits per heavy atom. The molecule has 166 valence electrons. The van der Waals surface area contributed by atoms with E-state index in [1.54, 1.807) is 23.5 Å². The van der Waals surface area contributed by atoms with Gasteiger partial charge >= 0.3 is 0 Å². The second-order valence-electron chi connectivity index (χ2n) is 9.44. The van der Waals surface area contributed by atoms with Crippen molar-refractivity contribution in [2.45, 2.75) is 68.2 Å². The second kappa shape index (κ2) is 8.21. The summed E-state index contributed by atoms with van der Waals surface area (Å²) in [4.78, 5) is 0.343. The Morgan fingerprint density at radius 1 is 0.968 bits per heavy atom. The standard InChI is InChI=1S/C25H31FN2O2S/c1-28-24(19-6-3-2-4-7-19)16-27-23-14-21(17-8-5-9-17)22(15-25(23)31(28,29)30)18-10-12-20(26)13-11-18/h10-15,17,19,24,27H,2-9,16H2,1H3/t24-/m0/s1. The highest BCUT2D eigenvalue weighted by atomic mass is 32.2. The van der Waals surface area contributed by atoms with Crippen LogP contribution in [0.2, 0.25) is 0 Å². The van der Waals surface area contributed by atoms with E-state index in [-0.39, 0.29) is 11.9 Å². The van der Waals surface area contributed by atoms with Crippen LogP contribution in [0.25, 0.3) is 11.1 Å². The van der Waals surface area contributed by atoms with Gasteiger partial charge in [-0.25, -0.2) is 12.8 Å². The molecule has 3 aliphatic rings. The lowest BCUT2D eigenvalue weighted by Gasteiger charge is -2.34. The summed E-state index contributed by atoms with van der Waals surface area (Å²) in [6.45, 7) is 0.646. The Kier molecular flexibility index (Phi) is 5.55. The number of anilines is 1. The van der Waals surface area contributed by atoms with Crippen LogP contribution in [0.1, 0.15) is 62.8 Å². The minimum Gasteiger partial charge on any atom is -0.382 e. The van der Waals surface area contributed by atoms with Crippen LogP contribution in [0.5, 0.6) is 0 Å². The maximum Gasteiger partial charge on any atom is 0.245 e. The van der Waals surface area contributed by atoms with Gasteiger partial charge in [-0.05, 0) is 78.5 Å². The minimum absolute atomic E-state index is 0.0286. The molecule has 2 aromatic rings. The number of sulfonamides is 1. The van der Waals surface area contributed by atoms with Gasteiger partial charge in [0.1, 0.15) is 10.7 Å². The molecule has 2 aliphatic carbocycles. The van der Waals surface area contributed by atoms with Crippen molar-refractivity contribution in [1.29, 1.82) is 0 Å². The zero-order valence-corrected chi connectivity index (χ0v) is 18.9. The van der Waals surface area contributed by atoms with E-state index >= 15 is 0 Å². The predicted octanol–water partition coefficient (Wildman–Crippen LogP) is 5.76. The summed E-state index contributed by atoms with van der Waals surface area (Å²) in [5.41, 5.74) is 3.69. The van der Waals surface area contributed by atoms with E-state index in [1.165, 1.54) is 43.4 Å². The summed E-state index contributed by atoms with van der Waals surface area (Å²) in [7, 11) is -1.89. The van der Waals surface area contributed by atoms with Crippen molar-refractivity contribution in [3.8, 4) is 11.1 Å². The molecule has 4 nitrogen and oxygen atoms in total. The largest absolute Gasteiger partial charge is 0.382 e. The number of hydrogen-bond acceptors (Lipinski definition) is 3. The number of likely N-dealkylation sites (N-methyl/N-ethyl adjacent to an activating group) is 1. The maximum absolute atomic E-state index is 13.7. The lowest BCUT2D eigenvalue weighted by Crippen LogP contribution is -2.44. The zero-order valence-electron chi connectivity index (χ0n) is 18.1.